The minimum absolute atomic E-state index is 0.416. The molecule has 0 fully saturated rings. The van der Waals surface area contributed by atoms with Gasteiger partial charge >= 0.3 is 0 Å². The van der Waals surface area contributed by atoms with E-state index in [1.165, 1.54) is 0 Å². The fraction of sp³-hybridized carbons (Fsp3) is 0.467. The quantitative estimate of drug-likeness (QED) is 0.869. The fourth-order valence-corrected chi connectivity index (χ4v) is 2.36. The Hall–Kier alpha value is -2.08. The number of nitrogens with zero attached hydrogens (tertiary/aromatic N) is 3. The fourth-order valence-electron chi connectivity index (χ4n) is 2.36. The van der Waals surface area contributed by atoms with Crippen molar-refractivity contribution in [1.29, 1.82) is 0 Å². The topological polar surface area (TPSA) is 75.2 Å². The maximum Gasteiger partial charge on any atom is 0.160 e. The van der Waals surface area contributed by atoms with Crippen molar-refractivity contribution < 1.29 is 9.47 Å². The second-order valence-corrected chi connectivity index (χ2v) is 5.50. The SMILES string of the molecule is COc1ccc(CC(C)(N)Cc2ncnn2C)cc1OC. The van der Waals surface area contributed by atoms with Crippen LogP contribution in [0.5, 0.6) is 11.5 Å². The van der Waals surface area contributed by atoms with E-state index in [9.17, 15) is 0 Å². The number of aryl methyl sites for hydroxylation is 1. The summed E-state index contributed by atoms with van der Waals surface area (Å²) < 4.78 is 12.3. The zero-order valence-electron chi connectivity index (χ0n) is 13.0. The summed E-state index contributed by atoms with van der Waals surface area (Å²) in [6.07, 6.45) is 2.90. The molecule has 0 spiro atoms. The van der Waals surface area contributed by atoms with Gasteiger partial charge in [0.25, 0.3) is 0 Å². The van der Waals surface area contributed by atoms with E-state index >= 15 is 0 Å². The lowest BCUT2D eigenvalue weighted by Crippen LogP contribution is -2.41. The second-order valence-electron chi connectivity index (χ2n) is 5.50. The molecule has 6 nitrogen and oxygen atoms in total. The summed E-state index contributed by atoms with van der Waals surface area (Å²) in [4.78, 5) is 4.23. The molecular weight excluding hydrogens is 268 g/mol. The van der Waals surface area contributed by atoms with E-state index in [4.69, 9.17) is 15.2 Å². The van der Waals surface area contributed by atoms with Gasteiger partial charge in [-0.05, 0) is 31.0 Å². The highest BCUT2D eigenvalue weighted by Gasteiger charge is 2.23. The van der Waals surface area contributed by atoms with Crippen LogP contribution in [0.3, 0.4) is 0 Å². The molecule has 0 bridgehead atoms. The molecule has 0 saturated carbocycles. The van der Waals surface area contributed by atoms with Crippen molar-refractivity contribution in [3.8, 4) is 11.5 Å². The Morgan fingerprint density at radius 2 is 1.90 bits per heavy atom. The van der Waals surface area contributed by atoms with Crippen molar-refractivity contribution in [3.05, 3.63) is 35.9 Å². The Bertz CT molecular complexity index is 607. The Morgan fingerprint density at radius 1 is 1.19 bits per heavy atom. The molecule has 0 aliphatic heterocycles. The molecule has 1 aromatic heterocycles. The van der Waals surface area contributed by atoms with Crippen LogP contribution in [-0.4, -0.2) is 34.5 Å². The minimum atomic E-state index is -0.416. The third kappa shape index (κ3) is 3.72. The smallest absolute Gasteiger partial charge is 0.160 e. The highest BCUT2D eigenvalue weighted by Crippen LogP contribution is 2.29. The summed E-state index contributed by atoms with van der Waals surface area (Å²) in [5, 5.41) is 4.07. The van der Waals surface area contributed by atoms with Crippen molar-refractivity contribution in [3.63, 3.8) is 0 Å². The van der Waals surface area contributed by atoms with Crippen molar-refractivity contribution in [1.82, 2.24) is 14.8 Å². The molecule has 21 heavy (non-hydrogen) atoms. The number of benzene rings is 1. The predicted molar refractivity (Wildman–Crippen MR) is 80.5 cm³/mol. The maximum atomic E-state index is 6.42. The van der Waals surface area contributed by atoms with E-state index in [2.05, 4.69) is 10.1 Å². The van der Waals surface area contributed by atoms with E-state index in [0.29, 0.717) is 24.3 Å². The van der Waals surface area contributed by atoms with Gasteiger partial charge in [0.2, 0.25) is 0 Å². The van der Waals surface area contributed by atoms with Crippen LogP contribution in [-0.2, 0) is 19.9 Å². The molecule has 2 N–H and O–H groups in total. The number of rotatable bonds is 6. The number of hydrogen-bond donors (Lipinski definition) is 1. The van der Waals surface area contributed by atoms with Crippen molar-refractivity contribution in [2.75, 3.05) is 14.2 Å². The number of aromatic nitrogens is 3. The van der Waals surface area contributed by atoms with Crippen LogP contribution in [0.4, 0.5) is 0 Å². The Labute approximate surface area is 124 Å². The number of nitrogens with two attached hydrogens (primary N) is 1. The summed E-state index contributed by atoms with van der Waals surface area (Å²) in [5.41, 5.74) is 7.10. The van der Waals surface area contributed by atoms with Gasteiger partial charge in [0, 0.05) is 19.0 Å². The molecule has 114 valence electrons. The van der Waals surface area contributed by atoms with Gasteiger partial charge < -0.3 is 15.2 Å². The van der Waals surface area contributed by atoms with Gasteiger partial charge in [0.05, 0.1) is 14.2 Å². The van der Waals surface area contributed by atoms with Crippen LogP contribution < -0.4 is 15.2 Å². The van der Waals surface area contributed by atoms with E-state index in [-0.39, 0.29) is 0 Å². The van der Waals surface area contributed by atoms with Crippen LogP contribution >= 0.6 is 0 Å². The van der Waals surface area contributed by atoms with Gasteiger partial charge in [-0.3, -0.25) is 4.68 Å². The molecule has 1 aromatic carbocycles. The summed E-state index contributed by atoms with van der Waals surface area (Å²) >= 11 is 0. The van der Waals surface area contributed by atoms with Gasteiger partial charge in [-0.2, -0.15) is 5.10 Å². The van der Waals surface area contributed by atoms with Gasteiger partial charge in [0.1, 0.15) is 12.2 Å². The third-order valence-electron chi connectivity index (χ3n) is 3.42. The molecule has 0 radical (unpaired) electrons. The molecule has 1 heterocycles. The van der Waals surface area contributed by atoms with Crippen molar-refractivity contribution >= 4 is 0 Å². The molecule has 2 aromatic rings. The van der Waals surface area contributed by atoms with Crippen LogP contribution in [0.15, 0.2) is 24.5 Å². The van der Waals surface area contributed by atoms with Crippen LogP contribution in [0.1, 0.15) is 18.3 Å². The monoisotopic (exact) mass is 290 g/mol. The van der Waals surface area contributed by atoms with Gasteiger partial charge in [-0.1, -0.05) is 6.07 Å². The molecule has 2 rings (SSSR count). The Kier molecular flexibility index (Phi) is 4.47. The van der Waals surface area contributed by atoms with E-state index < -0.39 is 5.54 Å². The van der Waals surface area contributed by atoms with Crippen LogP contribution in [0, 0.1) is 0 Å². The lowest BCUT2D eigenvalue weighted by molar-refractivity contribution is 0.353. The molecule has 0 amide bonds. The number of hydrogen-bond acceptors (Lipinski definition) is 5. The van der Waals surface area contributed by atoms with Gasteiger partial charge in [-0.25, -0.2) is 4.98 Å². The highest BCUT2D eigenvalue weighted by atomic mass is 16.5. The van der Waals surface area contributed by atoms with Crippen LogP contribution in [0.25, 0.3) is 0 Å². The Morgan fingerprint density at radius 3 is 2.48 bits per heavy atom. The second kappa shape index (κ2) is 6.13. The van der Waals surface area contributed by atoms with E-state index in [0.717, 1.165) is 11.4 Å². The zero-order valence-corrected chi connectivity index (χ0v) is 13.0. The lowest BCUT2D eigenvalue weighted by atomic mass is 9.90. The average molecular weight is 290 g/mol. The number of ether oxygens (including phenoxy) is 2. The largest absolute Gasteiger partial charge is 0.493 e. The molecule has 6 heteroatoms. The standard InChI is InChI=1S/C15H22N4O2/c1-15(16,9-14-17-10-18-19(14)2)8-11-5-6-12(20-3)13(7-11)21-4/h5-7,10H,8-9,16H2,1-4H3. The minimum Gasteiger partial charge on any atom is -0.493 e. The van der Waals surface area contributed by atoms with Crippen LogP contribution in [0.2, 0.25) is 0 Å². The molecular formula is C15H22N4O2. The van der Waals surface area contributed by atoms with Crippen molar-refractivity contribution in [2.45, 2.75) is 25.3 Å². The summed E-state index contributed by atoms with van der Waals surface area (Å²) in [5.74, 6) is 2.30. The molecule has 1 unspecified atom stereocenters. The summed E-state index contributed by atoms with van der Waals surface area (Å²) in [7, 11) is 5.12. The first kappa shape index (κ1) is 15.3. The molecule has 0 aliphatic carbocycles. The molecule has 0 aliphatic rings. The zero-order chi connectivity index (χ0) is 15.5. The predicted octanol–water partition coefficient (Wildman–Crippen LogP) is 1.33. The molecule has 1 atom stereocenters. The van der Waals surface area contributed by atoms with E-state index in [1.807, 2.05) is 32.2 Å². The number of methoxy groups -OCH3 is 2. The third-order valence-corrected chi connectivity index (χ3v) is 3.42. The Balaban J connectivity index is 2.14. The van der Waals surface area contributed by atoms with Crippen molar-refractivity contribution in [2.24, 2.45) is 12.8 Å². The summed E-state index contributed by atoms with van der Waals surface area (Å²) in [6, 6.07) is 5.86. The normalized spacial score (nSPS) is 13.8. The average Bonchev–Trinajstić information content (AvgIpc) is 2.83. The first-order valence-electron chi connectivity index (χ1n) is 6.78. The summed E-state index contributed by atoms with van der Waals surface area (Å²) in [6.45, 7) is 2.01. The lowest BCUT2D eigenvalue weighted by Gasteiger charge is -2.24. The van der Waals surface area contributed by atoms with E-state index in [1.54, 1.807) is 25.2 Å². The first-order valence-corrected chi connectivity index (χ1v) is 6.78. The highest BCUT2D eigenvalue weighted by molar-refractivity contribution is 5.43. The van der Waals surface area contributed by atoms with Gasteiger partial charge in [0.15, 0.2) is 11.5 Å². The molecule has 0 saturated heterocycles. The van der Waals surface area contributed by atoms with Gasteiger partial charge in [-0.15, -0.1) is 0 Å². The first-order chi connectivity index (χ1) is 9.95. The maximum absolute atomic E-state index is 6.42.